The van der Waals surface area contributed by atoms with Gasteiger partial charge in [-0.3, -0.25) is 0 Å². The lowest BCUT2D eigenvalue weighted by Gasteiger charge is -2.10. The molecule has 0 spiro atoms. The van der Waals surface area contributed by atoms with Gasteiger partial charge < -0.3 is 9.52 Å². The second kappa shape index (κ2) is 5.45. The molecule has 0 fully saturated rings. The summed E-state index contributed by atoms with van der Waals surface area (Å²) >= 11 is 0. The molecule has 4 rings (SSSR count). The van der Waals surface area contributed by atoms with Crippen molar-refractivity contribution in [3.63, 3.8) is 0 Å². The van der Waals surface area contributed by atoms with Gasteiger partial charge in [0.15, 0.2) is 5.76 Å². The third-order valence-corrected chi connectivity index (χ3v) is 4.68. The van der Waals surface area contributed by atoms with Gasteiger partial charge in [0.2, 0.25) is 0 Å². The fourth-order valence-electron chi connectivity index (χ4n) is 3.35. The number of pyridine rings is 1. The van der Waals surface area contributed by atoms with E-state index in [0.29, 0.717) is 22.4 Å². The second-order valence-electron chi connectivity index (χ2n) is 6.34. The van der Waals surface area contributed by atoms with Crippen LogP contribution >= 0.6 is 0 Å². The maximum atomic E-state index is 11.9. The van der Waals surface area contributed by atoms with Gasteiger partial charge in [0.1, 0.15) is 11.3 Å². The van der Waals surface area contributed by atoms with E-state index in [1.165, 1.54) is 0 Å². The average Bonchev–Trinajstić information content (AvgIpc) is 2.94. The third-order valence-electron chi connectivity index (χ3n) is 4.68. The van der Waals surface area contributed by atoms with E-state index in [2.05, 4.69) is 0 Å². The molecule has 2 aromatic carbocycles. The van der Waals surface area contributed by atoms with Gasteiger partial charge >= 0.3 is 5.97 Å². The molecular formula is C21H17NO3. The molecular weight excluding hydrogens is 314 g/mol. The number of furan rings is 1. The fraction of sp³-hybridized carbons (Fsp3) is 0.143. The van der Waals surface area contributed by atoms with Crippen LogP contribution in [0.25, 0.3) is 33.3 Å². The lowest BCUT2D eigenvalue weighted by atomic mass is 9.99. The molecule has 0 saturated heterocycles. The Kier molecular flexibility index (Phi) is 3.35. The van der Waals surface area contributed by atoms with Gasteiger partial charge in [-0.25, -0.2) is 9.78 Å². The number of nitrogens with zero attached hydrogens (tertiary/aromatic N) is 1. The molecule has 25 heavy (non-hydrogen) atoms. The summed E-state index contributed by atoms with van der Waals surface area (Å²) in [7, 11) is 0. The van der Waals surface area contributed by atoms with Crippen LogP contribution in [0, 0.1) is 20.8 Å². The molecule has 0 aliphatic heterocycles. The molecule has 0 atom stereocenters. The molecule has 2 heterocycles. The van der Waals surface area contributed by atoms with Crippen molar-refractivity contribution in [2.24, 2.45) is 0 Å². The van der Waals surface area contributed by atoms with Gasteiger partial charge in [-0.15, -0.1) is 0 Å². The van der Waals surface area contributed by atoms with Crippen LogP contribution in [0.4, 0.5) is 0 Å². The Morgan fingerprint density at radius 3 is 2.48 bits per heavy atom. The minimum absolute atomic E-state index is 0.251. The van der Waals surface area contributed by atoms with Gasteiger partial charge in [0, 0.05) is 16.3 Å². The molecule has 0 saturated carbocycles. The van der Waals surface area contributed by atoms with E-state index in [0.717, 1.165) is 27.7 Å². The highest BCUT2D eigenvalue weighted by atomic mass is 16.4. The first-order valence-electron chi connectivity index (χ1n) is 8.10. The van der Waals surface area contributed by atoms with Crippen LogP contribution in [0.3, 0.4) is 0 Å². The zero-order valence-corrected chi connectivity index (χ0v) is 14.3. The number of rotatable bonds is 2. The number of hydrogen-bond donors (Lipinski definition) is 1. The number of hydrogen-bond acceptors (Lipinski definition) is 3. The van der Waals surface area contributed by atoms with Crippen molar-refractivity contribution in [2.45, 2.75) is 20.8 Å². The summed E-state index contributed by atoms with van der Waals surface area (Å²) in [6.07, 6.45) is 0. The summed E-state index contributed by atoms with van der Waals surface area (Å²) in [6.45, 7) is 5.81. The minimum Gasteiger partial charge on any atom is -0.478 e. The average molecular weight is 331 g/mol. The highest BCUT2D eigenvalue weighted by Crippen LogP contribution is 2.35. The quantitative estimate of drug-likeness (QED) is 0.543. The first kappa shape index (κ1) is 15.4. The predicted octanol–water partition coefficient (Wildman–Crippen LogP) is 5.27. The number of aromatic nitrogens is 1. The van der Waals surface area contributed by atoms with Gasteiger partial charge in [0.25, 0.3) is 0 Å². The van der Waals surface area contributed by atoms with Crippen LogP contribution in [0.1, 0.15) is 27.0 Å². The van der Waals surface area contributed by atoms with Crippen LogP contribution in [-0.4, -0.2) is 16.1 Å². The van der Waals surface area contributed by atoms with Gasteiger partial charge in [0.05, 0.1) is 11.1 Å². The van der Waals surface area contributed by atoms with Crippen LogP contribution in [0.15, 0.2) is 46.9 Å². The largest absolute Gasteiger partial charge is 0.478 e. The number of carboxylic acids is 1. The molecule has 4 nitrogen and oxygen atoms in total. The summed E-state index contributed by atoms with van der Waals surface area (Å²) in [5.41, 5.74) is 5.08. The van der Waals surface area contributed by atoms with Crippen molar-refractivity contribution >= 4 is 27.8 Å². The third kappa shape index (κ3) is 2.30. The van der Waals surface area contributed by atoms with E-state index in [1.807, 2.05) is 57.2 Å². The Balaban J connectivity index is 2.10. The normalized spacial score (nSPS) is 11.3. The maximum Gasteiger partial charge on any atom is 0.336 e. The summed E-state index contributed by atoms with van der Waals surface area (Å²) in [5.74, 6) is -0.345. The van der Waals surface area contributed by atoms with E-state index in [9.17, 15) is 9.90 Å². The number of carbonyl (C=O) groups is 1. The van der Waals surface area contributed by atoms with Crippen molar-refractivity contribution in [3.8, 4) is 11.5 Å². The summed E-state index contributed by atoms with van der Waals surface area (Å²) < 4.78 is 5.98. The SMILES string of the molecule is Cc1c(-c2cc(C(=O)O)c3c(C)ccc(C)c3n2)oc2ccccc12. The number of aryl methyl sites for hydroxylation is 3. The highest BCUT2D eigenvalue weighted by Gasteiger charge is 2.19. The van der Waals surface area contributed by atoms with Crippen molar-refractivity contribution in [2.75, 3.05) is 0 Å². The Labute approximate surface area is 144 Å². The van der Waals surface area contributed by atoms with Crippen LogP contribution in [0.5, 0.6) is 0 Å². The topological polar surface area (TPSA) is 63.3 Å². The molecule has 4 heteroatoms. The first-order chi connectivity index (χ1) is 12.0. The van der Waals surface area contributed by atoms with E-state index in [4.69, 9.17) is 9.40 Å². The van der Waals surface area contributed by atoms with Crippen molar-refractivity contribution in [1.82, 2.24) is 4.98 Å². The zero-order chi connectivity index (χ0) is 17.7. The molecule has 2 aromatic heterocycles. The zero-order valence-electron chi connectivity index (χ0n) is 14.3. The maximum absolute atomic E-state index is 11.9. The van der Waals surface area contributed by atoms with E-state index < -0.39 is 5.97 Å². The summed E-state index contributed by atoms with van der Waals surface area (Å²) in [6, 6.07) is 13.3. The molecule has 124 valence electrons. The van der Waals surface area contributed by atoms with E-state index >= 15 is 0 Å². The number of para-hydroxylation sites is 1. The van der Waals surface area contributed by atoms with Gasteiger partial charge in [-0.2, -0.15) is 0 Å². The Bertz CT molecular complexity index is 1150. The Morgan fingerprint density at radius 2 is 1.76 bits per heavy atom. The lowest BCUT2D eigenvalue weighted by Crippen LogP contribution is -2.02. The number of benzene rings is 2. The predicted molar refractivity (Wildman–Crippen MR) is 98.1 cm³/mol. The lowest BCUT2D eigenvalue weighted by molar-refractivity contribution is 0.0699. The second-order valence-corrected chi connectivity index (χ2v) is 6.34. The Hall–Kier alpha value is -3.14. The van der Waals surface area contributed by atoms with Crippen LogP contribution in [0.2, 0.25) is 0 Å². The van der Waals surface area contributed by atoms with Gasteiger partial charge in [-0.05, 0) is 44.0 Å². The molecule has 0 amide bonds. The molecule has 0 bridgehead atoms. The van der Waals surface area contributed by atoms with Gasteiger partial charge in [-0.1, -0.05) is 30.3 Å². The van der Waals surface area contributed by atoms with Crippen molar-refractivity contribution < 1.29 is 14.3 Å². The molecule has 0 aliphatic carbocycles. The van der Waals surface area contributed by atoms with E-state index in [-0.39, 0.29) is 5.56 Å². The monoisotopic (exact) mass is 331 g/mol. The van der Waals surface area contributed by atoms with E-state index in [1.54, 1.807) is 6.07 Å². The molecule has 0 radical (unpaired) electrons. The smallest absolute Gasteiger partial charge is 0.336 e. The number of fused-ring (bicyclic) bond motifs is 2. The fourth-order valence-corrected chi connectivity index (χ4v) is 3.35. The molecule has 0 aliphatic rings. The molecule has 0 unspecified atom stereocenters. The summed E-state index contributed by atoms with van der Waals surface area (Å²) in [4.78, 5) is 16.6. The minimum atomic E-state index is -0.962. The Morgan fingerprint density at radius 1 is 1.04 bits per heavy atom. The number of aromatic carboxylic acids is 1. The first-order valence-corrected chi connectivity index (χ1v) is 8.10. The summed E-state index contributed by atoms with van der Waals surface area (Å²) in [5, 5.41) is 11.4. The van der Waals surface area contributed by atoms with Crippen molar-refractivity contribution in [1.29, 1.82) is 0 Å². The van der Waals surface area contributed by atoms with Crippen LogP contribution < -0.4 is 0 Å². The molecule has 4 aromatic rings. The highest BCUT2D eigenvalue weighted by molar-refractivity contribution is 6.06. The van der Waals surface area contributed by atoms with Crippen LogP contribution in [-0.2, 0) is 0 Å². The standard InChI is InChI=1S/C21H17NO3/c1-11-8-9-12(2)19-18(11)15(21(23)24)10-16(22-19)20-13(3)14-6-4-5-7-17(14)25-20/h4-10H,1-3H3,(H,23,24). The number of carboxylic acid groups (broad SMARTS) is 1. The molecule has 1 N–H and O–H groups in total. The van der Waals surface area contributed by atoms with Crippen molar-refractivity contribution in [3.05, 3.63) is 64.7 Å².